The zero-order valence-corrected chi connectivity index (χ0v) is 53.3. The summed E-state index contributed by atoms with van der Waals surface area (Å²) in [4.78, 5) is 27.0. The summed E-state index contributed by atoms with van der Waals surface area (Å²) >= 11 is 0. The van der Waals surface area contributed by atoms with Crippen molar-refractivity contribution in [2.45, 2.75) is 103 Å². The maximum absolute atomic E-state index is 13.5. The maximum atomic E-state index is 13.5. The lowest BCUT2D eigenvalue weighted by Crippen LogP contribution is -2.33. The number of hydrogen-bond donors (Lipinski definition) is 22. The van der Waals surface area contributed by atoms with Crippen LogP contribution in [0.4, 0.5) is 0 Å². The van der Waals surface area contributed by atoms with E-state index in [9.17, 15) is 9.59 Å². The molecule has 32 nitrogen and oxygen atoms in total. The second kappa shape index (κ2) is 42.3. The normalized spacial score (nSPS) is 10.6. The number of rotatable bonds is 49. The summed E-state index contributed by atoms with van der Waals surface area (Å²) in [5, 5.41) is 78.4. The van der Waals surface area contributed by atoms with Crippen LogP contribution in [-0.2, 0) is 22.7 Å². The number of unbranched alkanes of at least 4 members (excludes halogenated alkanes) is 3. The lowest BCUT2D eigenvalue weighted by atomic mass is 9.99. The maximum Gasteiger partial charge on any atom is 0.220 e. The van der Waals surface area contributed by atoms with Gasteiger partial charge >= 0.3 is 0 Å². The third-order valence-corrected chi connectivity index (χ3v) is 13.4. The first-order chi connectivity index (χ1) is 45.1. The average molecular weight is 1310 g/mol. The second-order valence-electron chi connectivity index (χ2n) is 21.3. The molecule has 4 aromatic carbocycles. The minimum atomic E-state index is -0.243. The van der Waals surface area contributed by atoms with E-state index in [2.05, 4.69) is 31.9 Å². The predicted octanol–water partition coefficient (Wildman–Crippen LogP) is 3.12. The van der Waals surface area contributed by atoms with Crippen LogP contribution in [0.1, 0.15) is 101 Å². The molecule has 514 valence electrons. The van der Waals surface area contributed by atoms with E-state index in [-0.39, 0.29) is 177 Å². The molecule has 0 heterocycles. The molecule has 0 aliphatic carbocycles. The molecule has 0 aliphatic heterocycles. The van der Waals surface area contributed by atoms with Crippen molar-refractivity contribution in [1.82, 2.24) is 31.9 Å². The molecule has 0 radical (unpaired) electrons. The Morgan fingerprint density at radius 1 is 0.309 bits per heavy atom. The minimum Gasteiger partial charge on any atom is -0.490 e. The van der Waals surface area contributed by atoms with Gasteiger partial charge in [0, 0.05) is 73.9 Å². The molecule has 4 aromatic rings. The lowest BCUT2D eigenvalue weighted by Gasteiger charge is -2.22. The van der Waals surface area contributed by atoms with Gasteiger partial charge in [-0.1, -0.05) is 37.1 Å². The second-order valence-corrected chi connectivity index (χ2v) is 21.3. The summed E-state index contributed by atoms with van der Waals surface area (Å²) in [6, 6.07) is 17.8. The van der Waals surface area contributed by atoms with Crippen molar-refractivity contribution < 1.29 is 47.5 Å². The van der Waals surface area contributed by atoms with E-state index in [1.165, 1.54) is 0 Å². The van der Waals surface area contributed by atoms with Crippen molar-refractivity contribution in [3.05, 3.63) is 71.8 Å². The number of nitrogens with one attached hydrogen (secondary N) is 14. The number of amidine groups is 4. The Bertz CT molecular complexity index is 2980. The van der Waals surface area contributed by atoms with Crippen molar-refractivity contribution in [2.24, 2.45) is 45.9 Å². The Kier molecular flexibility index (Phi) is 34.0. The fourth-order valence-corrected chi connectivity index (χ4v) is 9.05. The van der Waals surface area contributed by atoms with Crippen LogP contribution in [0.25, 0.3) is 22.3 Å². The zero-order chi connectivity index (χ0) is 68.6. The molecule has 0 spiro atoms. The van der Waals surface area contributed by atoms with E-state index in [0.29, 0.717) is 144 Å². The molecule has 0 saturated heterocycles. The van der Waals surface area contributed by atoms with Gasteiger partial charge in [-0.05, 0) is 86.1 Å². The van der Waals surface area contributed by atoms with Crippen LogP contribution in [0.5, 0.6) is 46.0 Å². The monoisotopic (exact) mass is 1310 g/mol. The third-order valence-electron chi connectivity index (χ3n) is 13.4. The van der Waals surface area contributed by atoms with Crippen LogP contribution >= 0.6 is 0 Å². The minimum absolute atomic E-state index is 0.000702. The molecule has 0 bridgehead atoms. The van der Waals surface area contributed by atoms with Gasteiger partial charge in [-0.15, -0.1) is 0 Å². The lowest BCUT2D eigenvalue weighted by molar-refractivity contribution is -0.122. The first-order valence-electron chi connectivity index (χ1n) is 30.9. The SMILES string of the molecule is N=C(N)CCCOc1cc(CNC(=O)CCCCCCC(=O)NCc2cc(OCCCC(=N)N)c(OCCNC(=N)N)c(-c3cccc(OCCNC(=N)N)c3OCCCC(=N)N)c2)cc(-c2cccc(OCCNC(=N)N)c2OCCCC(=N)N)c1OCCNC(=N)N. The molecule has 94 heavy (non-hydrogen) atoms. The molecule has 30 N–H and O–H groups in total. The fourth-order valence-electron chi connectivity index (χ4n) is 9.05. The number of guanidine groups is 4. The van der Waals surface area contributed by atoms with E-state index in [1.807, 2.05) is 24.3 Å². The fraction of sp³-hybridized carbons (Fsp3) is 0.452. The average Bonchev–Trinajstić information content (AvgIpc) is 0.792. The van der Waals surface area contributed by atoms with Crippen LogP contribution in [0, 0.1) is 43.3 Å². The molecule has 0 fully saturated rings. The molecular formula is C62H96N22O10. The number of nitrogens with two attached hydrogens (primary N) is 8. The third kappa shape index (κ3) is 29.9. The van der Waals surface area contributed by atoms with Crippen LogP contribution in [-0.4, -0.2) is 138 Å². The first-order valence-corrected chi connectivity index (χ1v) is 30.9. The number of hydrogen-bond acceptors (Lipinski definition) is 18. The van der Waals surface area contributed by atoms with Gasteiger partial charge in [0.2, 0.25) is 11.8 Å². The van der Waals surface area contributed by atoms with E-state index in [0.717, 1.165) is 0 Å². The van der Waals surface area contributed by atoms with Gasteiger partial charge in [0.25, 0.3) is 0 Å². The van der Waals surface area contributed by atoms with Gasteiger partial charge in [0.15, 0.2) is 69.8 Å². The van der Waals surface area contributed by atoms with Gasteiger partial charge in [-0.3, -0.25) is 52.9 Å². The van der Waals surface area contributed by atoms with Crippen LogP contribution in [0.2, 0.25) is 0 Å². The van der Waals surface area contributed by atoms with Crippen molar-refractivity contribution in [1.29, 1.82) is 43.3 Å². The molecule has 0 aliphatic rings. The summed E-state index contributed by atoms with van der Waals surface area (Å²) in [5.74, 6) is 1.34. The van der Waals surface area contributed by atoms with E-state index in [4.69, 9.17) is 127 Å². The summed E-state index contributed by atoms with van der Waals surface area (Å²) in [6.45, 7) is 1.98. The highest BCUT2D eigenvalue weighted by molar-refractivity contribution is 5.84. The number of amides is 2. The van der Waals surface area contributed by atoms with Crippen molar-refractivity contribution >= 4 is 59.0 Å². The smallest absolute Gasteiger partial charge is 0.220 e. The molecule has 4 rings (SSSR count). The molecule has 0 atom stereocenters. The molecule has 0 saturated carbocycles. The Hall–Kier alpha value is -10.8. The number of ether oxygens (including phenoxy) is 8. The van der Waals surface area contributed by atoms with E-state index >= 15 is 0 Å². The molecule has 32 heteroatoms. The summed E-state index contributed by atoms with van der Waals surface area (Å²) in [7, 11) is 0. The van der Waals surface area contributed by atoms with E-state index in [1.54, 1.807) is 36.4 Å². The van der Waals surface area contributed by atoms with Crippen molar-refractivity contribution in [3.8, 4) is 68.2 Å². The highest BCUT2D eigenvalue weighted by Gasteiger charge is 2.25. The Balaban J connectivity index is 1.53. The molecule has 2 amide bonds. The summed E-state index contributed by atoms with van der Waals surface area (Å²) < 4.78 is 50.5. The number of benzene rings is 4. The Morgan fingerprint density at radius 2 is 0.596 bits per heavy atom. The van der Waals surface area contributed by atoms with Crippen LogP contribution < -0.4 is 116 Å². The number of carbonyl (C=O) groups is 2. The van der Waals surface area contributed by atoms with Crippen molar-refractivity contribution in [3.63, 3.8) is 0 Å². The van der Waals surface area contributed by atoms with Crippen molar-refractivity contribution in [2.75, 3.05) is 79.0 Å². The zero-order valence-electron chi connectivity index (χ0n) is 53.3. The van der Waals surface area contributed by atoms with Gasteiger partial charge in [0.05, 0.1) is 75.9 Å². The topological polar surface area (TPSA) is 579 Å². The largest absolute Gasteiger partial charge is 0.490 e. The number of para-hydroxylation sites is 2. The molecule has 0 aromatic heterocycles. The number of carbonyl (C=O) groups excluding carboxylic acids is 2. The highest BCUT2D eigenvalue weighted by atomic mass is 16.5. The first kappa shape index (κ1) is 75.6. The van der Waals surface area contributed by atoms with Gasteiger partial charge in [-0.2, -0.15) is 0 Å². The Labute approximate surface area is 547 Å². The molecule has 0 unspecified atom stereocenters. The molecular weight excluding hydrogens is 1210 g/mol. The van der Waals surface area contributed by atoms with Gasteiger partial charge < -0.3 is 116 Å². The standard InChI is InChI=1S/C62H96N22O10/c63-49(64)15-7-25-87-47-35-39(33-43(57(47)93-31-23-81-61(75)76)41-11-5-13-45(89-29-21-79-59(71)72)55(41)91-27-9-17-51(67)68)37-83-53(85)19-3-1-2-4-20-54(86)84-38-40-34-44(58(94-32-24-82-62(77)78)48(36-40)88-26-8-16-50(65)66)42-12-6-14-46(90-30-22-80-60(73)74)56(42)92-28-10-18-52(69)70/h5-6,11-14,33-36H,1-4,7-10,15-32,37-38H2,(H3,63,64)(H3,65,66)(H3,67,68)(H3,69,70)(H,83,85)(H,84,86)(H4,71,72,79)(H4,73,74,80)(H4,75,76,81)(H4,77,78,82). The van der Waals surface area contributed by atoms with Gasteiger partial charge in [0.1, 0.15) is 26.4 Å². The van der Waals surface area contributed by atoms with Gasteiger partial charge in [-0.25, -0.2) is 0 Å². The summed E-state index contributed by atoms with van der Waals surface area (Å²) in [5.41, 5.74) is 48.2. The Morgan fingerprint density at radius 3 is 0.915 bits per heavy atom. The van der Waals surface area contributed by atoms with Crippen LogP contribution in [0.3, 0.4) is 0 Å². The predicted molar refractivity (Wildman–Crippen MR) is 363 cm³/mol. The highest BCUT2D eigenvalue weighted by Crippen LogP contribution is 2.48. The summed E-state index contributed by atoms with van der Waals surface area (Å²) in [6.07, 6.45) is 5.69. The quantitative estimate of drug-likeness (QED) is 0.0172. The van der Waals surface area contributed by atoms with E-state index < -0.39 is 0 Å². The van der Waals surface area contributed by atoms with Crippen LogP contribution in [0.15, 0.2) is 60.7 Å².